The summed E-state index contributed by atoms with van der Waals surface area (Å²) in [4.78, 5) is 14.0. The third-order valence-corrected chi connectivity index (χ3v) is 4.87. The van der Waals surface area contributed by atoms with E-state index in [1.54, 1.807) is 16.6 Å². The lowest BCUT2D eigenvalue weighted by Crippen LogP contribution is -2.29. The van der Waals surface area contributed by atoms with E-state index in [-0.39, 0.29) is 11.4 Å². The molecule has 8 heteroatoms. The monoisotopic (exact) mass is 397 g/mol. The number of aromatic nitrogens is 4. The van der Waals surface area contributed by atoms with Crippen LogP contribution in [0.3, 0.4) is 0 Å². The van der Waals surface area contributed by atoms with Crippen molar-refractivity contribution in [2.24, 2.45) is 0 Å². The Morgan fingerprint density at radius 1 is 1.35 bits per heavy atom. The van der Waals surface area contributed by atoms with Gasteiger partial charge in [0.25, 0.3) is 0 Å². The summed E-state index contributed by atoms with van der Waals surface area (Å²) in [6.45, 7) is 6.63. The van der Waals surface area contributed by atoms with Crippen LogP contribution in [-0.4, -0.2) is 43.8 Å². The van der Waals surface area contributed by atoms with Gasteiger partial charge in [-0.25, -0.2) is 4.68 Å². The number of rotatable bonds is 5. The van der Waals surface area contributed by atoms with E-state index >= 15 is 0 Å². The van der Waals surface area contributed by atoms with E-state index in [0.29, 0.717) is 17.5 Å². The van der Waals surface area contributed by atoms with Crippen molar-refractivity contribution in [2.75, 3.05) is 12.8 Å². The van der Waals surface area contributed by atoms with Gasteiger partial charge in [-0.1, -0.05) is 45.9 Å². The van der Waals surface area contributed by atoms with E-state index in [4.69, 9.17) is 0 Å². The molecule has 0 aliphatic rings. The van der Waals surface area contributed by atoms with Crippen molar-refractivity contribution < 1.29 is 4.79 Å². The largest absolute Gasteiger partial charge is 0.341 e. The molecule has 0 aliphatic heterocycles. The molecule has 6 nitrogen and oxygen atoms in total. The molecule has 1 aromatic heterocycles. The summed E-state index contributed by atoms with van der Waals surface area (Å²) in [5.74, 6) is 0.339. The first-order chi connectivity index (χ1) is 10.8. The Bertz CT molecular complexity index is 683. The highest BCUT2D eigenvalue weighted by atomic mass is 79.9. The summed E-state index contributed by atoms with van der Waals surface area (Å²) in [6, 6.07) is 7.89. The molecule has 2 aromatic rings. The Kier molecular flexibility index (Phi) is 5.80. The lowest BCUT2D eigenvalue weighted by molar-refractivity contribution is -0.127. The third-order valence-electron chi connectivity index (χ3n) is 3.19. The van der Waals surface area contributed by atoms with Gasteiger partial charge in [-0.2, -0.15) is 0 Å². The Hall–Kier alpha value is -1.41. The first-order valence-corrected chi connectivity index (χ1v) is 8.96. The fraction of sp³-hybridized carbons (Fsp3) is 0.467. The molecular formula is C15H20BrN5OS. The summed E-state index contributed by atoms with van der Waals surface area (Å²) in [7, 11) is 1.80. The number of hydrogen-bond acceptors (Lipinski definition) is 5. The quantitative estimate of drug-likeness (QED) is 0.725. The Morgan fingerprint density at radius 3 is 2.70 bits per heavy atom. The molecule has 0 aliphatic carbocycles. The minimum absolute atomic E-state index is 0.0363. The van der Waals surface area contributed by atoms with E-state index < -0.39 is 0 Å². The number of nitrogens with zero attached hydrogens (tertiary/aromatic N) is 5. The fourth-order valence-electron chi connectivity index (χ4n) is 1.90. The molecule has 0 bridgehead atoms. The second kappa shape index (κ2) is 7.44. The van der Waals surface area contributed by atoms with Crippen molar-refractivity contribution in [3.63, 3.8) is 0 Å². The first kappa shape index (κ1) is 17.9. The molecule has 1 heterocycles. The normalized spacial score (nSPS) is 11.5. The molecular weight excluding hydrogens is 378 g/mol. The van der Waals surface area contributed by atoms with Crippen LogP contribution in [0.15, 0.2) is 33.9 Å². The number of benzene rings is 1. The Labute approximate surface area is 148 Å². The summed E-state index contributed by atoms with van der Waals surface area (Å²) in [6.07, 6.45) is 0. The van der Waals surface area contributed by atoms with Gasteiger partial charge >= 0.3 is 0 Å². The van der Waals surface area contributed by atoms with Crippen molar-refractivity contribution in [3.8, 4) is 0 Å². The zero-order valence-electron chi connectivity index (χ0n) is 13.7. The lowest BCUT2D eigenvalue weighted by Gasteiger charge is -2.20. The van der Waals surface area contributed by atoms with Crippen molar-refractivity contribution in [2.45, 2.75) is 38.0 Å². The molecule has 0 atom stereocenters. The molecule has 2 rings (SSSR count). The third kappa shape index (κ3) is 4.78. The van der Waals surface area contributed by atoms with Gasteiger partial charge < -0.3 is 4.90 Å². The van der Waals surface area contributed by atoms with Gasteiger partial charge in [0, 0.05) is 18.1 Å². The maximum Gasteiger partial charge on any atom is 0.233 e. The van der Waals surface area contributed by atoms with Crippen LogP contribution in [0.4, 0.5) is 0 Å². The average molecular weight is 398 g/mol. The van der Waals surface area contributed by atoms with Crippen LogP contribution in [0.2, 0.25) is 0 Å². The van der Waals surface area contributed by atoms with Gasteiger partial charge in [0.15, 0.2) is 0 Å². The number of thioether (sulfide) groups is 1. The van der Waals surface area contributed by atoms with Gasteiger partial charge in [0.2, 0.25) is 11.1 Å². The number of halogens is 1. The molecule has 0 spiro atoms. The number of carbonyl (C=O) groups is 1. The molecule has 0 saturated carbocycles. The van der Waals surface area contributed by atoms with Crippen LogP contribution in [0, 0.1) is 0 Å². The zero-order chi connectivity index (χ0) is 17.0. The molecule has 0 radical (unpaired) electrons. The molecule has 124 valence electrons. The van der Waals surface area contributed by atoms with Crippen LogP contribution >= 0.6 is 27.7 Å². The van der Waals surface area contributed by atoms with Crippen LogP contribution < -0.4 is 0 Å². The van der Waals surface area contributed by atoms with E-state index in [1.807, 2.05) is 45.0 Å². The lowest BCUT2D eigenvalue weighted by atomic mass is 10.1. The molecule has 1 amide bonds. The maximum absolute atomic E-state index is 12.3. The van der Waals surface area contributed by atoms with E-state index in [0.717, 1.165) is 10.0 Å². The molecule has 23 heavy (non-hydrogen) atoms. The van der Waals surface area contributed by atoms with Crippen LogP contribution in [-0.2, 0) is 16.9 Å². The number of carbonyl (C=O) groups excluding carboxylic acids is 1. The van der Waals surface area contributed by atoms with E-state index in [1.165, 1.54) is 11.8 Å². The highest BCUT2D eigenvalue weighted by molar-refractivity contribution is 9.10. The smallest absolute Gasteiger partial charge is 0.233 e. The number of tetrazole rings is 1. The molecule has 0 saturated heterocycles. The van der Waals surface area contributed by atoms with Gasteiger partial charge in [0.1, 0.15) is 0 Å². The van der Waals surface area contributed by atoms with Crippen LogP contribution in [0.1, 0.15) is 26.3 Å². The maximum atomic E-state index is 12.3. The van der Waals surface area contributed by atoms with Crippen molar-refractivity contribution in [1.29, 1.82) is 0 Å². The van der Waals surface area contributed by atoms with Gasteiger partial charge in [-0.15, -0.1) is 5.10 Å². The fourth-order valence-corrected chi connectivity index (χ4v) is 3.31. The second-order valence-electron chi connectivity index (χ2n) is 6.17. The van der Waals surface area contributed by atoms with Crippen LogP contribution in [0.25, 0.3) is 0 Å². The van der Waals surface area contributed by atoms with Crippen molar-refractivity contribution in [1.82, 2.24) is 25.1 Å². The van der Waals surface area contributed by atoms with E-state index in [9.17, 15) is 4.79 Å². The Morgan fingerprint density at radius 2 is 2.04 bits per heavy atom. The Balaban J connectivity index is 1.95. The predicted molar refractivity (Wildman–Crippen MR) is 94.2 cm³/mol. The van der Waals surface area contributed by atoms with E-state index in [2.05, 4.69) is 31.5 Å². The van der Waals surface area contributed by atoms with Crippen LogP contribution in [0.5, 0.6) is 0 Å². The molecule has 1 aromatic carbocycles. The molecule has 0 fully saturated rings. The molecule has 0 unspecified atom stereocenters. The highest BCUT2D eigenvalue weighted by Gasteiger charge is 2.21. The minimum Gasteiger partial charge on any atom is -0.341 e. The van der Waals surface area contributed by atoms with Gasteiger partial charge in [0.05, 0.1) is 11.3 Å². The van der Waals surface area contributed by atoms with Crippen molar-refractivity contribution >= 4 is 33.6 Å². The van der Waals surface area contributed by atoms with Gasteiger partial charge in [-0.3, -0.25) is 4.79 Å². The highest BCUT2D eigenvalue weighted by Crippen LogP contribution is 2.22. The number of amides is 1. The second-order valence-corrected chi connectivity index (χ2v) is 7.97. The minimum atomic E-state index is -0.213. The summed E-state index contributed by atoms with van der Waals surface area (Å²) < 4.78 is 2.74. The van der Waals surface area contributed by atoms with Gasteiger partial charge in [-0.05, 0) is 42.8 Å². The molecule has 0 N–H and O–H groups in total. The summed E-state index contributed by atoms with van der Waals surface area (Å²) in [5, 5.41) is 12.3. The topological polar surface area (TPSA) is 63.9 Å². The summed E-state index contributed by atoms with van der Waals surface area (Å²) >= 11 is 4.86. The first-order valence-electron chi connectivity index (χ1n) is 7.18. The zero-order valence-corrected chi connectivity index (χ0v) is 16.1. The van der Waals surface area contributed by atoms with Crippen molar-refractivity contribution in [3.05, 3.63) is 34.3 Å². The average Bonchev–Trinajstić information content (AvgIpc) is 2.95. The predicted octanol–water partition coefficient (Wildman–Crippen LogP) is 2.94. The summed E-state index contributed by atoms with van der Waals surface area (Å²) in [5.41, 5.74) is 0.864. The SMILES string of the molecule is CN(Cc1ccccc1Br)C(=O)CSc1nnnn1C(C)(C)C. The number of hydrogen-bond donors (Lipinski definition) is 0. The standard InChI is InChI=1S/C15H20BrN5OS/c1-15(2,3)21-14(17-18-19-21)23-10-13(22)20(4)9-11-7-5-6-8-12(11)16/h5-8H,9-10H2,1-4H3.